The van der Waals surface area contributed by atoms with Crippen LogP contribution < -0.4 is 0 Å². The molecule has 2 rings (SSSR count). The number of halogens is 3. The number of hydrogen-bond donors (Lipinski definition) is 0. The van der Waals surface area contributed by atoms with E-state index in [-0.39, 0.29) is 6.42 Å². The highest BCUT2D eigenvalue weighted by molar-refractivity contribution is 5.83. The number of aliphatic imine (C=N–C) groups is 1. The van der Waals surface area contributed by atoms with Gasteiger partial charge in [-0.15, -0.1) is 0 Å². The summed E-state index contributed by atoms with van der Waals surface area (Å²) < 4.78 is 37.0. The molecule has 14 heavy (non-hydrogen) atoms. The van der Waals surface area contributed by atoms with E-state index in [4.69, 9.17) is 0 Å². The number of benzene rings is 1. The second kappa shape index (κ2) is 3.12. The summed E-state index contributed by atoms with van der Waals surface area (Å²) in [6.07, 6.45) is -2.98. The molecule has 1 aromatic carbocycles. The minimum atomic E-state index is -4.23. The highest BCUT2D eigenvalue weighted by Crippen LogP contribution is 2.28. The average Bonchev–Trinajstić information content (AvgIpc) is 2.16. The first-order chi connectivity index (χ1) is 6.57. The van der Waals surface area contributed by atoms with Gasteiger partial charge in [-0.25, -0.2) is 0 Å². The molecule has 0 amide bonds. The maximum absolute atomic E-state index is 12.3. The van der Waals surface area contributed by atoms with Crippen LogP contribution in [0.2, 0.25) is 0 Å². The normalized spacial score (nSPS) is 20.6. The van der Waals surface area contributed by atoms with Gasteiger partial charge in [-0.3, -0.25) is 4.99 Å². The molecule has 0 radical (unpaired) electrons. The first-order valence-corrected chi connectivity index (χ1v) is 4.25. The van der Waals surface area contributed by atoms with E-state index in [1.165, 1.54) is 6.21 Å². The van der Waals surface area contributed by atoms with Crippen molar-refractivity contribution in [1.82, 2.24) is 0 Å². The zero-order chi connectivity index (χ0) is 10.2. The Kier molecular flexibility index (Phi) is 2.06. The predicted octanol–water partition coefficient (Wildman–Crippen LogP) is 2.59. The monoisotopic (exact) mass is 199 g/mol. The van der Waals surface area contributed by atoms with Gasteiger partial charge in [0, 0.05) is 12.6 Å². The molecule has 0 saturated heterocycles. The Morgan fingerprint density at radius 3 is 2.64 bits per heavy atom. The van der Waals surface area contributed by atoms with Gasteiger partial charge in [-0.2, -0.15) is 13.2 Å². The molecule has 74 valence electrons. The summed E-state index contributed by atoms with van der Waals surface area (Å²) in [6.45, 7) is 0. The van der Waals surface area contributed by atoms with Crippen LogP contribution in [0.25, 0.3) is 0 Å². The van der Waals surface area contributed by atoms with Gasteiger partial charge in [-0.05, 0) is 11.1 Å². The lowest BCUT2D eigenvalue weighted by Gasteiger charge is -2.20. The first kappa shape index (κ1) is 9.24. The largest absolute Gasteiger partial charge is 0.411 e. The molecule has 0 spiro atoms. The van der Waals surface area contributed by atoms with E-state index in [0.717, 1.165) is 5.56 Å². The third-order valence-corrected chi connectivity index (χ3v) is 2.24. The summed E-state index contributed by atoms with van der Waals surface area (Å²) in [5, 5.41) is 0. The molecule has 0 N–H and O–H groups in total. The van der Waals surface area contributed by atoms with Crippen LogP contribution in [0.1, 0.15) is 11.1 Å². The van der Waals surface area contributed by atoms with E-state index in [9.17, 15) is 13.2 Å². The van der Waals surface area contributed by atoms with Gasteiger partial charge in [0.1, 0.15) is 6.04 Å². The van der Waals surface area contributed by atoms with Crippen molar-refractivity contribution in [1.29, 1.82) is 0 Å². The van der Waals surface area contributed by atoms with Gasteiger partial charge in [0.15, 0.2) is 0 Å². The second-order valence-electron chi connectivity index (χ2n) is 3.24. The van der Waals surface area contributed by atoms with Crippen LogP contribution in [0.5, 0.6) is 0 Å². The van der Waals surface area contributed by atoms with Gasteiger partial charge < -0.3 is 0 Å². The summed E-state index contributed by atoms with van der Waals surface area (Å²) in [5.41, 5.74) is 1.50. The quantitative estimate of drug-likeness (QED) is 0.609. The molecule has 4 heteroatoms. The zero-order valence-electron chi connectivity index (χ0n) is 7.25. The van der Waals surface area contributed by atoms with Crippen molar-refractivity contribution in [3.8, 4) is 0 Å². The van der Waals surface area contributed by atoms with Crippen LogP contribution in [0.15, 0.2) is 29.3 Å². The van der Waals surface area contributed by atoms with Crippen LogP contribution in [-0.2, 0) is 6.42 Å². The Morgan fingerprint density at radius 2 is 1.93 bits per heavy atom. The van der Waals surface area contributed by atoms with Gasteiger partial charge in [0.2, 0.25) is 0 Å². The molecule has 1 aliphatic heterocycles. The zero-order valence-corrected chi connectivity index (χ0v) is 7.25. The van der Waals surface area contributed by atoms with Crippen molar-refractivity contribution >= 4 is 6.21 Å². The molecule has 0 bridgehead atoms. The molecule has 0 aromatic heterocycles. The molecule has 0 unspecified atom stereocenters. The molecular weight excluding hydrogens is 191 g/mol. The van der Waals surface area contributed by atoms with E-state index < -0.39 is 12.2 Å². The van der Waals surface area contributed by atoms with Crippen molar-refractivity contribution in [2.24, 2.45) is 4.99 Å². The first-order valence-electron chi connectivity index (χ1n) is 4.25. The minimum Gasteiger partial charge on any atom is -0.279 e. The number of hydrogen-bond acceptors (Lipinski definition) is 1. The van der Waals surface area contributed by atoms with Crippen molar-refractivity contribution in [3.63, 3.8) is 0 Å². The molecule has 1 aromatic rings. The Balaban J connectivity index is 2.30. The van der Waals surface area contributed by atoms with E-state index in [1.807, 2.05) is 0 Å². The highest BCUT2D eigenvalue weighted by atomic mass is 19.4. The van der Waals surface area contributed by atoms with Crippen molar-refractivity contribution in [2.45, 2.75) is 18.6 Å². The molecule has 0 fully saturated rings. The lowest BCUT2D eigenvalue weighted by atomic mass is 9.98. The fourth-order valence-electron chi connectivity index (χ4n) is 1.48. The summed E-state index contributed by atoms with van der Waals surface area (Å²) >= 11 is 0. The summed E-state index contributed by atoms with van der Waals surface area (Å²) in [4.78, 5) is 3.49. The van der Waals surface area contributed by atoms with Crippen molar-refractivity contribution in [2.75, 3.05) is 0 Å². The number of fused-ring (bicyclic) bond motifs is 1. The summed E-state index contributed by atoms with van der Waals surface area (Å²) in [6, 6.07) is 5.44. The maximum atomic E-state index is 12.3. The van der Waals surface area contributed by atoms with E-state index in [2.05, 4.69) is 4.99 Å². The topological polar surface area (TPSA) is 12.4 Å². The fraction of sp³-hybridized carbons (Fsp3) is 0.300. The Hall–Kier alpha value is -1.32. The maximum Gasteiger partial charge on any atom is 0.411 e. The van der Waals surface area contributed by atoms with Crippen LogP contribution in [0.3, 0.4) is 0 Å². The van der Waals surface area contributed by atoms with Crippen LogP contribution >= 0.6 is 0 Å². The molecule has 0 saturated carbocycles. The standard InChI is InChI=1S/C10H8F3N/c11-10(12,13)9-5-7-3-1-2-4-8(7)6-14-9/h1-4,6,9H,5H2/t9-/m0/s1. The molecule has 1 aliphatic rings. The van der Waals surface area contributed by atoms with E-state index in [0.29, 0.717) is 5.56 Å². The van der Waals surface area contributed by atoms with Crippen LogP contribution in [-0.4, -0.2) is 18.4 Å². The third-order valence-electron chi connectivity index (χ3n) is 2.24. The third kappa shape index (κ3) is 1.64. The summed E-state index contributed by atoms with van der Waals surface area (Å²) in [7, 11) is 0. The van der Waals surface area contributed by atoms with Gasteiger partial charge in [0.05, 0.1) is 0 Å². The van der Waals surface area contributed by atoms with Gasteiger partial charge >= 0.3 is 6.18 Å². The number of nitrogens with zero attached hydrogens (tertiary/aromatic N) is 1. The van der Waals surface area contributed by atoms with Gasteiger partial charge in [0.25, 0.3) is 0 Å². The Bertz CT molecular complexity index is 368. The predicted molar refractivity (Wildman–Crippen MR) is 47.6 cm³/mol. The highest BCUT2D eigenvalue weighted by Gasteiger charge is 2.40. The second-order valence-corrected chi connectivity index (χ2v) is 3.24. The smallest absolute Gasteiger partial charge is 0.279 e. The van der Waals surface area contributed by atoms with E-state index >= 15 is 0 Å². The molecule has 1 nitrogen and oxygen atoms in total. The van der Waals surface area contributed by atoms with Gasteiger partial charge in [-0.1, -0.05) is 24.3 Å². The van der Waals surface area contributed by atoms with Crippen molar-refractivity contribution in [3.05, 3.63) is 35.4 Å². The van der Waals surface area contributed by atoms with E-state index in [1.54, 1.807) is 24.3 Å². The van der Waals surface area contributed by atoms with Crippen LogP contribution in [0, 0.1) is 0 Å². The SMILES string of the molecule is FC(F)(F)[C@@H]1Cc2ccccc2C=N1. The molecule has 1 atom stereocenters. The Morgan fingerprint density at radius 1 is 1.21 bits per heavy atom. The summed E-state index contributed by atoms with van der Waals surface area (Å²) in [5.74, 6) is 0. The van der Waals surface area contributed by atoms with Crippen LogP contribution in [0.4, 0.5) is 13.2 Å². The minimum absolute atomic E-state index is 0.0455. The lowest BCUT2D eigenvalue weighted by Crippen LogP contribution is -2.31. The Labute approximate surface area is 79.3 Å². The van der Waals surface area contributed by atoms with Crippen molar-refractivity contribution < 1.29 is 13.2 Å². The number of alkyl halides is 3. The molecular formula is C10H8F3N. The number of rotatable bonds is 0. The molecule has 1 heterocycles. The average molecular weight is 199 g/mol. The lowest BCUT2D eigenvalue weighted by molar-refractivity contribution is -0.146. The fourth-order valence-corrected chi connectivity index (χ4v) is 1.48. The molecule has 0 aliphatic carbocycles.